The van der Waals surface area contributed by atoms with Gasteiger partial charge in [-0.1, -0.05) is 0 Å². The Morgan fingerprint density at radius 3 is 2.82 bits per heavy atom. The minimum absolute atomic E-state index is 0.190. The minimum atomic E-state index is -0.970. The van der Waals surface area contributed by atoms with Crippen molar-refractivity contribution in [3.8, 4) is 0 Å². The Labute approximate surface area is 63.6 Å². The van der Waals surface area contributed by atoms with Crippen LogP contribution < -0.4 is 5.32 Å². The molecule has 0 radical (unpaired) electrons. The fraction of sp³-hybridized carbons (Fsp3) is 0.333. The molecule has 5 nitrogen and oxygen atoms in total. The summed E-state index contributed by atoms with van der Waals surface area (Å²) in [7, 11) is 3.34. The predicted octanol–water partition coefficient (Wildman–Crippen LogP) is 0.160. The number of aromatic carboxylic acids is 1. The summed E-state index contributed by atoms with van der Waals surface area (Å²) < 4.78 is 1.48. The van der Waals surface area contributed by atoms with Gasteiger partial charge in [0, 0.05) is 14.1 Å². The van der Waals surface area contributed by atoms with Crippen molar-refractivity contribution in [1.29, 1.82) is 0 Å². The van der Waals surface area contributed by atoms with Gasteiger partial charge in [0.1, 0.15) is 11.4 Å². The molecule has 11 heavy (non-hydrogen) atoms. The van der Waals surface area contributed by atoms with Crippen molar-refractivity contribution >= 4 is 11.8 Å². The zero-order chi connectivity index (χ0) is 8.43. The Hall–Kier alpha value is -1.52. The molecule has 0 fully saturated rings. The summed E-state index contributed by atoms with van der Waals surface area (Å²) in [5.41, 5.74) is 0.190. The van der Waals surface area contributed by atoms with Crippen LogP contribution in [0, 0.1) is 0 Å². The fourth-order valence-electron chi connectivity index (χ4n) is 0.891. The van der Waals surface area contributed by atoms with Gasteiger partial charge in [-0.3, -0.25) is 4.68 Å². The number of hydrogen-bond acceptors (Lipinski definition) is 3. The van der Waals surface area contributed by atoms with Crippen LogP contribution in [0.25, 0.3) is 0 Å². The van der Waals surface area contributed by atoms with E-state index in [1.54, 1.807) is 14.1 Å². The van der Waals surface area contributed by atoms with Gasteiger partial charge >= 0.3 is 5.97 Å². The maximum Gasteiger partial charge on any atom is 0.341 e. The maximum absolute atomic E-state index is 10.5. The molecule has 2 N–H and O–H groups in total. The normalized spacial score (nSPS) is 9.64. The number of nitrogens with one attached hydrogen (secondary N) is 1. The molecule has 0 aromatic carbocycles. The first-order valence-corrected chi connectivity index (χ1v) is 3.10. The average molecular weight is 155 g/mol. The van der Waals surface area contributed by atoms with E-state index in [1.165, 1.54) is 10.9 Å². The lowest BCUT2D eigenvalue weighted by atomic mass is 10.3. The molecule has 1 rings (SSSR count). The lowest BCUT2D eigenvalue weighted by molar-refractivity contribution is 0.0698. The van der Waals surface area contributed by atoms with Crippen molar-refractivity contribution < 1.29 is 9.90 Å². The minimum Gasteiger partial charge on any atom is -0.477 e. The molecule has 0 atom stereocenters. The smallest absolute Gasteiger partial charge is 0.341 e. The highest BCUT2D eigenvalue weighted by Crippen LogP contribution is 2.11. The highest BCUT2D eigenvalue weighted by Gasteiger charge is 2.12. The van der Waals surface area contributed by atoms with Gasteiger partial charge in [-0.05, 0) is 0 Å². The van der Waals surface area contributed by atoms with Crippen LogP contribution in [0.4, 0.5) is 5.82 Å². The SMILES string of the molecule is CNc1c(C(=O)O)cnn1C. The Kier molecular flexibility index (Phi) is 1.80. The van der Waals surface area contributed by atoms with Crippen molar-refractivity contribution in [2.45, 2.75) is 0 Å². The van der Waals surface area contributed by atoms with Crippen LogP contribution in [-0.4, -0.2) is 27.9 Å². The lowest BCUT2D eigenvalue weighted by Crippen LogP contribution is -2.04. The van der Waals surface area contributed by atoms with Crippen molar-refractivity contribution in [3.63, 3.8) is 0 Å². The van der Waals surface area contributed by atoms with Gasteiger partial charge < -0.3 is 10.4 Å². The lowest BCUT2D eigenvalue weighted by Gasteiger charge is -2.00. The van der Waals surface area contributed by atoms with E-state index < -0.39 is 5.97 Å². The molecule has 0 aliphatic heterocycles. The van der Waals surface area contributed by atoms with Crippen LogP contribution in [0.15, 0.2) is 6.20 Å². The van der Waals surface area contributed by atoms with E-state index >= 15 is 0 Å². The predicted molar refractivity (Wildman–Crippen MR) is 39.7 cm³/mol. The Bertz CT molecular complexity index is 279. The summed E-state index contributed by atoms with van der Waals surface area (Å²) >= 11 is 0. The number of aryl methyl sites for hydroxylation is 1. The number of aromatic nitrogens is 2. The zero-order valence-corrected chi connectivity index (χ0v) is 6.33. The van der Waals surface area contributed by atoms with E-state index in [9.17, 15) is 4.79 Å². The molecule has 1 heterocycles. The first-order valence-electron chi connectivity index (χ1n) is 3.10. The quantitative estimate of drug-likeness (QED) is 0.638. The first-order chi connectivity index (χ1) is 5.16. The molecule has 0 unspecified atom stereocenters. The van der Waals surface area contributed by atoms with Gasteiger partial charge in [0.05, 0.1) is 6.20 Å². The summed E-state index contributed by atoms with van der Waals surface area (Å²) in [6, 6.07) is 0. The zero-order valence-electron chi connectivity index (χ0n) is 6.33. The van der Waals surface area contributed by atoms with Crippen LogP contribution >= 0.6 is 0 Å². The summed E-state index contributed by atoms with van der Waals surface area (Å²) in [5, 5.41) is 15.1. The standard InChI is InChI=1S/C6H9N3O2/c1-7-5-4(6(10)11)3-8-9(5)2/h3,7H,1-2H3,(H,10,11). The van der Waals surface area contributed by atoms with Crippen molar-refractivity contribution in [2.75, 3.05) is 12.4 Å². The van der Waals surface area contributed by atoms with E-state index in [1.807, 2.05) is 0 Å². The monoisotopic (exact) mass is 155 g/mol. The molecule has 1 aromatic heterocycles. The van der Waals surface area contributed by atoms with Gasteiger partial charge in [-0.15, -0.1) is 0 Å². The molecule has 5 heteroatoms. The van der Waals surface area contributed by atoms with Gasteiger partial charge in [0.25, 0.3) is 0 Å². The maximum atomic E-state index is 10.5. The van der Waals surface area contributed by atoms with Gasteiger partial charge in [-0.2, -0.15) is 5.10 Å². The third-order valence-corrected chi connectivity index (χ3v) is 1.41. The third-order valence-electron chi connectivity index (χ3n) is 1.41. The van der Waals surface area contributed by atoms with Gasteiger partial charge in [0.15, 0.2) is 0 Å². The van der Waals surface area contributed by atoms with E-state index in [0.29, 0.717) is 5.82 Å². The molecular weight excluding hydrogens is 146 g/mol. The summed E-state index contributed by atoms with van der Waals surface area (Å²) in [5.74, 6) is -0.458. The number of rotatable bonds is 2. The summed E-state index contributed by atoms with van der Waals surface area (Å²) in [4.78, 5) is 10.5. The first kappa shape index (κ1) is 7.59. The number of hydrogen-bond donors (Lipinski definition) is 2. The molecule has 0 spiro atoms. The molecule has 1 aromatic rings. The van der Waals surface area contributed by atoms with Crippen molar-refractivity contribution in [3.05, 3.63) is 11.8 Å². The van der Waals surface area contributed by atoms with Gasteiger partial charge in [-0.25, -0.2) is 4.79 Å². The molecule has 0 saturated heterocycles. The summed E-state index contributed by atoms with van der Waals surface area (Å²) in [6.45, 7) is 0. The number of carbonyl (C=O) groups is 1. The van der Waals surface area contributed by atoms with E-state index in [4.69, 9.17) is 5.11 Å². The topological polar surface area (TPSA) is 67.2 Å². The van der Waals surface area contributed by atoms with E-state index in [-0.39, 0.29) is 5.56 Å². The summed E-state index contributed by atoms with van der Waals surface area (Å²) in [6.07, 6.45) is 1.31. The third kappa shape index (κ3) is 1.17. The Morgan fingerprint density at radius 2 is 2.45 bits per heavy atom. The van der Waals surface area contributed by atoms with Crippen molar-refractivity contribution in [2.24, 2.45) is 7.05 Å². The average Bonchev–Trinajstić information content (AvgIpc) is 2.30. The Balaban J connectivity index is 3.15. The highest BCUT2D eigenvalue weighted by molar-refractivity contribution is 5.92. The van der Waals surface area contributed by atoms with Crippen LogP contribution in [0.3, 0.4) is 0 Å². The molecule has 0 aliphatic rings. The van der Waals surface area contributed by atoms with Crippen LogP contribution in [-0.2, 0) is 7.05 Å². The van der Waals surface area contributed by atoms with E-state index in [0.717, 1.165) is 0 Å². The highest BCUT2D eigenvalue weighted by atomic mass is 16.4. The van der Waals surface area contributed by atoms with Crippen LogP contribution in [0.1, 0.15) is 10.4 Å². The number of carboxylic acid groups (broad SMARTS) is 1. The molecule has 0 aliphatic carbocycles. The molecule has 0 bridgehead atoms. The molecule has 0 saturated carbocycles. The second-order valence-corrected chi connectivity index (χ2v) is 2.09. The van der Waals surface area contributed by atoms with Crippen molar-refractivity contribution in [1.82, 2.24) is 9.78 Å². The molecule has 60 valence electrons. The fourth-order valence-corrected chi connectivity index (χ4v) is 0.891. The van der Waals surface area contributed by atoms with Gasteiger partial charge in [0.2, 0.25) is 0 Å². The number of anilines is 1. The van der Waals surface area contributed by atoms with Crippen LogP contribution in [0.2, 0.25) is 0 Å². The Morgan fingerprint density at radius 1 is 1.82 bits per heavy atom. The van der Waals surface area contributed by atoms with Crippen LogP contribution in [0.5, 0.6) is 0 Å². The largest absolute Gasteiger partial charge is 0.477 e. The second-order valence-electron chi connectivity index (χ2n) is 2.09. The molecule has 0 amide bonds. The van der Waals surface area contributed by atoms with E-state index in [2.05, 4.69) is 10.4 Å². The second kappa shape index (κ2) is 2.61. The molecular formula is C6H9N3O2. The number of carboxylic acids is 1. The number of nitrogens with zero attached hydrogens (tertiary/aromatic N) is 2.